The number of ether oxygens (including phenoxy) is 1. The summed E-state index contributed by atoms with van der Waals surface area (Å²) in [5.74, 6) is -0.760. The smallest absolute Gasteiger partial charge is 0.308 e. The molecular formula is C11H10N2O3. The molecule has 0 aliphatic carbocycles. The third-order valence-electron chi connectivity index (χ3n) is 1.71. The molecule has 1 amide bonds. The normalized spacial score (nSPS) is 9.00. The first-order chi connectivity index (χ1) is 7.65. The Balaban J connectivity index is 2.90. The SMILES string of the molecule is CC(=O)Oc1ccccc1C(=O)NCC#N. The minimum atomic E-state index is -0.500. The molecule has 1 N–H and O–H groups in total. The van der Waals surface area contributed by atoms with Crippen LogP contribution in [0.1, 0.15) is 17.3 Å². The van der Waals surface area contributed by atoms with E-state index < -0.39 is 11.9 Å². The van der Waals surface area contributed by atoms with E-state index in [0.717, 1.165) is 0 Å². The van der Waals surface area contributed by atoms with E-state index >= 15 is 0 Å². The van der Waals surface area contributed by atoms with Crippen LogP contribution in [0.2, 0.25) is 0 Å². The van der Waals surface area contributed by atoms with Crippen LogP contribution in [0, 0.1) is 11.3 Å². The second-order valence-corrected chi connectivity index (χ2v) is 2.93. The Bertz CT molecular complexity index is 449. The van der Waals surface area contributed by atoms with Crippen molar-refractivity contribution in [3.8, 4) is 11.8 Å². The van der Waals surface area contributed by atoms with Gasteiger partial charge in [-0.2, -0.15) is 5.26 Å². The number of carbonyl (C=O) groups excluding carboxylic acids is 2. The minimum Gasteiger partial charge on any atom is -0.426 e. The van der Waals surface area contributed by atoms with Crippen molar-refractivity contribution in [2.45, 2.75) is 6.92 Å². The molecule has 0 heterocycles. The lowest BCUT2D eigenvalue weighted by molar-refractivity contribution is -0.131. The van der Waals surface area contributed by atoms with Crippen LogP contribution in [-0.2, 0) is 4.79 Å². The zero-order valence-electron chi connectivity index (χ0n) is 8.69. The van der Waals surface area contributed by atoms with Crippen molar-refractivity contribution in [1.82, 2.24) is 5.32 Å². The Kier molecular flexibility index (Phi) is 4.04. The van der Waals surface area contributed by atoms with Crippen molar-refractivity contribution in [1.29, 1.82) is 5.26 Å². The number of hydrogen-bond donors (Lipinski definition) is 1. The number of nitrogens with one attached hydrogen (secondary N) is 1. The molecule has 0 aliphatic heterocycles. The first-order valence-electron chi connectivity index (χ1n) is 4.57. The lowest BCUT2D eigenvalue weighted by atomic mass is 10.2. The molecule has 0 atom stereocenters. The Morgan fingerprint density at radius 2 is 2.12 bits per heavy atom. The third kappa shape index (κ3) is 3.10. The highest BCUT2D eigenvalue weighted by atomic mass is 16.5. The van der Waals surface area contributed by atoms with Gasteiger partial charge in [-0.25, -0.2) is 0 Å². The van der Waals surface area contributed by atoms with Crippen molar-refractivity contribution >= 4 is 11.9 Å². The van der Waals surface area contributed by atoms with Crippen LogP contribution in [0.5, 0.6) is 5.75 Å². The van der Waals surface area contributed by atoms with E-state index in [9.17, 15) is 9.59 Å². The average Bonchev–Trinajstić information content (AvgIpc) is 2.26. The molecule has 0 bridgehead atoms. The average molecular weight is 218 g/mol. The first-order valence-corrected chi connectivity index (χ1v) is 4.57. The number of carbonyl (C=O) groups is 2. The number of rotatable bonds is 3. The maximum atomic E-state index is 11.6. The Morgan fingerprint density at radius 3 is 2.75 bits per heavy atom. The van der Waals surface area contributed by atoms with Crippen molar-refractivity contribution in [2.24, 2.45) is 0 Å². The molecule has 1 aromatic rings. The highest BCUT2D eigenvalue weighted by Crippen LogP contribution is 2.17. The highest BCUT2D eigenvalue weighted by molar-refractivity contribution is 5.97. The fourth-order valence-corrected chi connectivity index (χ4v) is 1.11. The number of esters is 1. The maximum Gasteiger partial charge on any atom is 0.308 e. The monoisotopic (exact) mass is 218 g/mol. The molecule has 0 saturated carbocycles. The molecule has 5 nitrogen and oxygen atoms in total. The van der Waals surface area contributed by atoms with Crippen LogP contribution in [0.25, 0.3) is 0 Å². The molecule has 0 radical (unpaired) electrons. The lowest BCUT2D eigenvalue weighted by Crippen LogP contribution is -2.24. The van der Waals surface area contributed by atoms with Gasteiger partial charge in [0.25, 0.3) is 5.91 Å². The van der Waals surface area contributed by atoms with Gasteiger partial charge in [-0.3, -0.25) is 9.59 Å². The number of amides is 1. The number of nitrogens with zero attached hydrogens (tertiary/aromatic N) is 1. The zero-order chi connectivity index (χ0) is 12.0. The Morgan fingerprint density at radius 1 is 1.44 bits per heavy atom. The molecule has 82 valence electrons. The van der Waals surface area contributed by atoms with Crippen LogP contribution in [0.15, 0.2) is 24.3 Å². The number of para-hydroxylation sites is 1. The first kappa shape index (κ1) is 11.7. The summed E-state index contributed by atoms with van der Waals surface area (Å²) in [7, 11) is 0. The van der Waals surface area contributed by atoms with Crippen molar-refractivity contribution in [3.05, 3.63) is 29.8 Å². The van der Waals surface area contributed by atoms with E-state index in [0.29, 0.717) is 0 Å². The minimum absolute atomic E-state index is 0.0900. The van der Waals surface area contributed by atoms with E-state index in [1.807, 2.05) is 0 Å². The molecule has 0 aliphatic rings. The molecular weight excluding hydrogens is 208 g/mol. The molecule has 1 aromatic carbocycles. The second-order valence-electron chi connectivity index (χ2n) is 2.93. The predicted octanol–water partition coefficient (Wildman–Crippen LogP) is 0.865. The van der Waals surface area contributed by atoms with Gasteiger partial charge in [0, 0.05) is 6.92 Å². The summed E-state index contributed by atoms with van der Waals surface area (Å²) in [5.41, 5.74) is 0.230. The van der Waals surface area contributed by atoms with Crippen molar-refractivity contribution < 1.29 is 14.3 Å². The van der Waals surface area contributed by atoms with Gasteiger partial charge in [-0.05, 0) is 12.1 Å². The van der Waals surface area contributed by atoms with E-state index in [1.54, 1.807) is 18.2 Å². The van der Waals surface area contributed by atoms with Crippen LogP contribution < -0.4 is 10.1 Å². The van der Waals surface area contributed by atoms with E-state index in [-0.39, 0.29) is 17.9 Å². The predicted molar refractivity (Wildman–Crippen MR) is 55.7 cm³/mol. The highest BCUT2D eigenvalue weighted by Gasteiger charge is 2.12. The summed E-state index contributed by atoms with van der Waals surface area (Å²) in [6, 6.07) is 8.12. The van der Waals surface area contributed by atoms with E-state index in [2.05, 4.69) is 5.32 Å². The lowest BCUT2D eigenvalue weighted by Gasteiger charge is -2.07. The van der Waals surface area contributed by atoms with Crippen LogP contribution >= 0.6 is 0 Å². The van der Waals surface area contributed by atoms with Gasteiger partial charge >= 0.3 is 5.97 Å². The van der Waals surface area contributed by atoms with Crippen molar-refractivity contribution in [2.75, 3.05) is 6.54 Å². The standard InChI is InChI=1S/C11H10N2O3/c1-8(14)16-10-5-3-2-4-9(10)11(15)13-7-6-12/h2-5H,7H2,1H3,(H,13,15). The van der Waals surface area contributed by atoms with Gasteiger partial charge < -0.3 is 10.1 Å². The molecule has 0 spiro atoms. The third-order valence-corrected chi connectivity index (χ3v) is 1.71. The number of nitriles is 1. The second kappa shape index (κ2) is 5.51. The van der Waals surface area contributed by atoms with Gasteiger partial charge in [0.15, 0.2) is 0 Å². The molecule has 0 saturated heterocycles. The maximum absolute atomic E-state index is 11.6. The molecule has 1 rings (SSSR count). The van der Waals surface area contributed by atoms with E-state index in [4.69, 9.17) is 10.00 Å². The topological polar surface area (TPSA) is 79.2 Å². The summed E-state index contributed by atoms with van der Waals surface area (Å²) in [6.45, 7) is 1.16. The van der Waals surface area contributed by atoms with Crippen LogP contribution in [-0.4, -0.2) is 18.4 Å². The fraction of sp³-hybridized carbons (Fsp3) is 0.182. The quantitative estimate of drug-likeness (QED) is 0.463. The number of hydrogen-bond acceptors (Lipinski definition) is 4. The summed E-state index contributed by atoms with van der Waals surface area (Å²) in [5, 5.41) is 10.7. The zero-order valence-corrected chi connectivity index (χ0v) is 8.69. The molecule has 0 aromatic heterocycles. The van der Waals surface area contributed by atoms with Gasteiger partial charge in [-0.1, -0.05) is 12.1 Å². The Hall–Kier alpha value is -2.35. The summed E-state index contributed by atoms with van der Waals surface area (Å²) >= 11 is 0. The number of benzene rings is 1. The van der Waals surface area contributed by atoms with Gasteiger partial charge in [0.1, 0.15) is 12.3 Å². The van der Waals surface area contributed by atoms with Gasteiger partial charge in [0.05, 0.1) is 11.6 Å². The van der Waals surface area contributed by atoms with Gasteiger partial charge in [-0.15, -0.1) is 0 Å². The van der Waals surface area contributed by atoms with Crippen LogP contribution in [0.4, 0.5) is 0 Å². The summed E-state index contributed by atoms with van der Waals surface area (Å²) in [6.07, 6.45) is 0. The molecule has 0 unspecified atom stereocenters. The largest absolute Gasteiger partial charge is 0.426 e. The van der Waals surface area contributed by atoms with Crippen molar-refractivity contribution in [3.63, 3.8) is 0 Å². The summed E-state index contributed by atoms with van der Waals surface area (Å²) in [4.78, 5) is 22.3. The van der Waals surface area contributed by atoms with Gasteiger partial charge in [0.2, 0.25) is 0 Å². The Labute approximate surface area is 92.6 Å². The molecule has 5 heteroatoms. The molecule has 0 fully saturated rings. The van der Waals surface area contributed by atoms with Crippen LogP contribution in [0.3, 0.4) is 0 Å². The summed E-state index contributed by atoms with van der Waals surface area (Å²) < 4.78 is 4.86. The fourth-order valence-electron chi connectivity index (χ4n) is 1.11. The molecule has 16 heavy (non-hydrogen) atoms. The van der Waals surface area contributed by atoms with E-state index in [1.165, 1.54) is 19.1 Å².